The summed E-state index contributed by atoms with van der Waals surface area (Å²) in [7, 11) is 0. The summed E-state index contributed by atoms with van der Waals surface area (Å²) in [4.78, 5) is 0. The Morgan fingerprint density at radius 1 is 1.08 bits per heavy atom. The van der Waals surface area contributed by atoms with Crippen LogP contribution in [0.4, 0.5) is 0 Å². The maximum atomic E-state index is 9.62. The Morgan fingerprint density at radius 2 is 2.00 bits per heavy atom. The Morgan fingerprint density at radius 3 is 2.62 bits per heavy atom. The summed E-state index contributed by atoms with van der Waals surface area (Å²) in [5, 5.41) is 9.62. The van der Waals surface area contributed by atoms with Crippen molar-refractivity contribution in [2.45, 2.75) is 57.2 Å². The number of hydrogen-bond acceptors (Lipinski definition) is 2. The first-order chi connectivity index (χ1) is 6.36. The molecule has 0 aromatic carbocycles. The Labute approximate surface area is 80.3 Å². The summed E-state index contributed by atoms with van der Waals surface area (Å²) in [6.45, 7) is 0.956. The van der Waals surface area contributed by atoms with Crippen LogP contribution in [-0.2, 0) is 4.74 Å². The Kier molecular flexibility index (Phi) is 3.23. The van der Waals surface area contributed by atoms with Crippen LogP contribution in [0.3, 0.4) is 0 Å². The van der Waals surface area contributed by atoms with Gasteiger partial charge in [0.05, 0.1) is 12.2 Å². The lowest BCUT2D eigenvalue weighted by molar-refractivity contribution is 0.0813. The second-order valence-electron chi connectivity index (χ2n) is 4.47. The first-order valence-corrected chi connectivity index (χ1v) is 5.66. The molecule has 0 spiro atoms. The average Bonchev–Trinajstić information content (AvgIpc) is 2.72. The maximum Gasteiger partial charge on any atom is 0.0576 e. The molecule has 1 saturated heterocycles. The third-order valence-electron chi connectivity index (χ3n) is 3.50. The molecule has 1 N–H and O–H groups in total. The third-order valence-corrected chi connectivity index (χ3v) is 3.50. The van der Waals surface area contributed by atoms with Gasteiger partial charge < -0.3 is 9.84 Å². The molecule has 76 valence electrons. The van der Waals surface area contributed by atoms with Gasteiger partial charge in [-0.05, 0) is 44.4 Å². The first-order valence-electron chi connectivity index (χ1n) is 5.66. The van der Waals surface area contributed by atoms with Gasteiger partial charge in [-0.3, -0.25) is 0 Å². The lowest BCUT2D eigenvalue weighted by Crippen LogP contribution is -2.15. The van der Waals surface area contributed by atoms with Crippen molar-refractivity contribution in [3.8, 4) is 0 Å². The zero-order valence-corrected chi connectivity index (χ0v) is 8.24. The lowest BCUT2D eigenvalue weighted by atomic mass is 9.97. The van der Waals surface area contributed by atoms with Gasteiger partial charge in [-0.15, -0.1) is 0 Å². The van der Waals surface area contributed by atoms with Gasteiger partial charge in [-0.25, -0.2) is 0 Å². The molecule has 1 unspecified atom stereocenters. The van der Waals surface area contributed by atoms with Gasteiger partial charge in [-0.2, -0.15) is 0 Å². The zero-order chi connectivity index (χ0) is 9.10. The van der Waals surface area contributed by atoms with E-state index in [4.69, 9.17) is 4.74 Å². The highest BCUT2D eigenvalue weighted by Crippen LogP contribution is 2.31. The molecule has 0 bridgehead atoms. The normalized spacial score (nSPS) is 39.9. The molecule has 2 aliphatic rings. The Hall–Kier alpha value is -0.0800. The van der Waals surface area contributed by atoms with Gasteiger partial charge in [0.25, 0.3) is 0 Å². The molecule has 1 aliphatic heterocycles. The fourth-order valence-electron chi connectivity index (χ4n) is 2.63. The van der Waals surface area contributed by atoms with E-state index in [9.17, 15) is 5.11 Å². The van der Waals surface area contributed by atoms with Crippen LogP contribution in [0.2, 0.25) is 0 Å². The summed E-state index contributed by atoms with van der Waals surface area (Å²) in [5.41, 5.74) is 0. The summed E-state index contributed by atoms with van der Waals surface area (Å²) in [6, 6.07) is 0. The molecule has 0 amide bonds. The van der Waals surface area contributed by atoms with Crippen LogP contribution in [0, 0.1) is 5.92 Å². The summed E-state index contributed by atoms with van der Waals surface area (Å²) in [5.74, 6) is 0.573. The maximum absolute atomic E-state index is 9.62. The van der Waals surface area contributed by atoms with Crippen molar-refractivity contribution in [2.75, 3.05) is 6.61 Å². The minimum atomic E-state index is -0.0126. The van der Waals surface area contributed by atoms with Gasteiger partial charge >= 0.3 is 0 Å². The number of ether oxygens (including phenoxy) is 1. The Bertz CT molecular complexity index is 152. The molecule has 0 aromatic heterocycles. The second-order valence-corrected chi connectivity index (χ2v) is 4.47. The highest BCUT2D eigenvalue weighted by atomic mass is 16.5. The third kappa shape index (κ3) is 2.44. The fourth-order valence-corrected chi connectivity index (χ4v) is 2.63. The highest BCUT2D eigenvalue weighted by molar-refractivity contribution is 4.78. The predicted octanol–water partition coefficient (Wildman–Crippen LogP) is 2.11. The quantitative estimate of drug-likeness (QED) is 0.728. The summed E-state index contributed by atoms with van der Waals surface area (Å²) >= 11 is 0. The van der Waals surface area contributed by atoms with Crippen molar-refractivity contribution in [2.24, 2.45) is 5.92 Å². The van der Waals surface area contributed by atoms with Gasteiger partial charge in [0, 0.05) is 6.61 Å². The molecular formula is C11H20O2. The average molecular weight is 184 g/mol. The SMILES string of the molecule is O[C@@H]1CCC[C@H]1CCC1CCCO1. The van der Waals surface area contributed by atoms with E-state index in [0.717, 1.165) is 13.0 Å². The van der Waals surface area contributed by atoms with Crippen molar-refractivity contribution in [1.82, 2.24) is 0 Å². The van der Waals surface area contributed by atoms with Crippen molar-refractivity contribution in [3.63, 3.8) is 0 Å². The van der Waals surface area contributed by atoms with Crippen LogP contribution in [0.25, 0.3) is 0 Å². The molecule has 2 rings (SSSR count). The molecule has 0 radical (unpaired) electrons. The summed E-state index contributed by atoms with van der Waals surface area (Å²) in [6.07, 6.45) is 8.78. The molecule has 1 heterocycles. The molecule has 0 aromatic rings. The second kappa shape index (κ2) is 4.43. The van der Waals surface area contributed by atoms with E-state index >= 15 is 0 Å². The molecule has 2 heteroatoms. The monoisotopic (exact) mass is 184 g/mol. The van der Waals surface area contributed by atoms with Crippen molar-refractivity contribution in [3.05, 3.63) is 0 Å². The van der Waals surface area contributed by atoms with Gasteiger partial charge in [0.15, 0.2) is 0 Å². The van der Waals surface area contributed by atoms with E-state index in [0.29, 0.717) is 12.0 Å². The molecule has 2 nitrogen and oxygen atoms in total. The van der Waals surface area contributed by atoms with Crippen LogP contribution in [0.15, 0.2) is 0 Å². The molecular weight excluding hydrogens is 164 g/mol. The van der Waals surface area contributed by atoms with Crippen molar-refractivity contribution in [1.29, 1.82) is 0 Å². The van der Waals surface area contributed by atoms with Gasteiger partial charge in [0.1, 0.15) is 0 Å². The van der Waals surface area contributed by atoms with E-state index in [1.807, 2.05) is 0 Å². The minimum Gasteiger partial charge on any atom is -0.393 e. The number of aliphatic hydroxyl groups is 1. The van der Waals surface area contributed by atoms with E-state index in [-0.39, 0.29) is 6.10 Å². The van der Waals surface area contributed by atoms with Crippen LogP contribution in [0.1, 0.15) is 44.9 Å². The molecule has 2 fully saturated rings. The smallest absolute Gasteiger partial charge is 0.0576 e. The predicted molar refractivity (Wildman–Crippen MR) is 51.6 cm³/mol. The van der Waals surface area contributed by atoms with E-state index < -0.39 is 0 Å². The highest BCUT2D eigenvalue weighted by Gasteiger charge is 2.26. The number of rotatable bonds is 3. The molecule has 3 atom stereocenters. The standard InChI is InChI=1S/C11H20O2/c12-11-5-1-3-9(11)6-7-10-4-2-8-13-10/h9-12H,1-8H2/t9-,10?,11+/m0/s1. The first kappa shape index (κ1) is 9.47. The number of aliphatic hydroxyl groups excluding tert-OH is 1. The van der Waals surface area contributed by atoms with Gasteiger partial charge in [0.2, 0.25) is 0 Å². The lowest BCUT2D eigenvalue weighted by Gasteiger charge is -2.16. The fraction of sp³-hybridized carbons (Fsp3) is 1.00. The minimum absolute atomic E-state index is 0.0126. The van der Waals surface area contributed by atoms with E-state index in [1.165, 1.54) is 38.5 Å². The topological polar surface area (TPSA) is 29.5 Å². The molecule has 1 saturated carbocycles. The van der Waals surface area contributed by atoms with Crippen LogP contribution in [0.5, 0.6) is 0 Å². The van der Waals surface area contributed by atoms with Gasteiger partial charge in [-0.1, -0.05) is 6.42 Å². The van der Waals surface area contributed by atoms with Crippen LogP contribution >= 0.6 is 0 Å². The van der Waals surface area contributed by atoms with Crippen LogP contribution in [-0.4, -0.2) is 23.9 Å². The Balaban J connectivity index is 1.66. The largest absolute Gasteiger partial charge is 0.393 e. The van der Waals surface area contributed by atoms with Crippen molar-refractivity contribution < 1.29 is 9.84 Å². The number of hydrogen-bond donors (Lipinski definition) is 1. The van der Waals surface area contributed by atoms with E-state index in [1.54, 1.807) is 0 Å². The zero-order valence-electron chi connectivity index (χ0n) is 8.24. The summed E-state index contributed by atoms with van der Waals surface area (Å²) < 4.78 is 5.57. The van der Waals surface area contributed by atoms with Crippen molar-refractivity contribution >= 4 is 0 Å². The van der Waals surface area contributed by atoms with Crippen LogP contribution < -0.4 is 0 Å². The molecule has 13 heavy (non-hydrogen) atoms. The molecule has 1 aliphatic carbocycles. The van der Waals surface area contributed by atoms with E-state index in [2.05, 4.69) is 0 Å².